The Labute approximate surface area is 146 Å². The van der Waals surface area contributed by atoms with Gasteiger partial charge in [-0.1, -0.05) is 31.5 Å². The van der Waals surface area contributed by atoms with Crippen molar-refractivity contribution in [1.82, 2.24) is 4.57 Å². The van der Waals surface area contributed by atoms with Gasteiger partial charge in [-0.05, 0) is 31.0 Å². The number of para-hydroxylation sites is 1. The monoisotopic (exact) mass is 359 g/mol. The summed E-state index contributed by atoms with van der Waals surface area (Å²) in [5, 5.41) is 10.9. The van der Waals surface area contributed by atoms with Crippen molar-refractivity contribution in [3.8, 4) is 0 Å². The molecule has 0 atom stereocenters. The van der Waals surface area contributed by atoms with Crippen molar-refractivity contribution in [2.75, 3.05) is 6.26 Å². The van der Waals surface area contributed by atoms with Crippen LogP contribution in [0.3, 0.4) is 0 Å². The molecule has 0 unspecified atom stereocenters. The highest BCUT2D eigenvalue weighted by Crippen LogP contribution is 2.36. The molecule has 0 radical (unpaired) electrons. The Kier molecular flexibility index (Phi) is 4.33. The highest BCUT2D eigenvalue weighted by atomic mass is 32.2. The van der Waals surface area contributed by atoms with E-state index in [-0.39, 0.29) is 10.5 Å². The number of carboxylic acids is 1. The lowest BCUT2D eigenvalue weighted by Crippen LogP contribution is -2.05. The smallest absolute Gasteiger partial charge is 0.335 e. The van der Waals surface area contributed by atoms with Crippen LogP contribution in [0.2, 0.25) is 0 Å². The number of sulfone groups is 1. The topological polar surface area (TPSA) is 76.4 Å². The van der Waals surface area contributed by atoms with Gasteiger partial charge in [-0.3, -0.25) is 0 Å². The lowest BCUT2D eigenvalue weighted by Gasteiger charge is -2.09. The Morgan fingerprint density at radius 2 is 1.96 bits per heavy atom. The normalized spacial score (nSPS) is 12.1. The van der Waals surface area contributed by atoms with E-state index in [0.717, 1.165) is 35.6 Å². The lowest BCUT2D eigenvalue weighted by atomic mass is 10.1. The number of rotatable bonds is 5. The second kappa shape index (κ2) is 6.19. The Bertz CT molecular complexity index is 1090. The van der Waals surface area contributed by atoms with Gasteiger partial charge in [-0.2, -0.15) is 0 Å². The van der Waals surface area contributed by atoms with Crippen LogP contribution in [0.1, 0.15) is 35.7 Å². The number of benzene rings is 2. The number of hydrogen-bond acceptors (Lipinski definition) is 3. The summed E-state index contributed by atoms with van der Waals surface area (Å²) < 4.78 is 26.8. The van der Waals surface area contributed by atoms with Crippen molar-refractivity contribution in [3.05, 3.63) is 41.5 Å². The number of aromatic carboxylic acids is 1. The number of aromatic nitrogens is 1. The van der Waals surface area contributed by atoms with E-state index < -0.39 is 15.8 Å². The van der Waals surface area contributed by atoms with E-state index in [0.29, 0.717) is 17.4 Å². The van der Waals surface area contributed by atoms with Crippen LogP contribution in [0, 0.1) is 6.92 Å². The zero-order chi connectivity index (χ0) is 18.4. The van der Waals surface area contributed by atoms with Crippen molar-refractivity contribution in [1.29, 1.82) is 0 Å². The fourth-order valence-electron chi connectivity index (χ4n) is 3.39. The van der Waals surface area contributed by atoms with Crippen LogP contribution in [-0.4, -0.2) is 30.3 Å². The molecule has 6 heteroatoms. The highest BCUT2D eigenvalue weighted by molar-refractivity contribution is 7.91. The average Bonchev–Trinajstić information content (AvgIpc) is 2.86. The molecule has 0 saturated heterocycles. The molecule has 132 valence electrons. The van der Waals surface area contributed by atoms with Crippen LogP contribution in [-0.2, 0) is 16.4 Å². The summed E-state index contributed by atoms with van der Waals surface area (Å²) in [6, 6.07) is 8.65. The highest BCUT2D eigenvalue weighted by Gasteiger charge is 2.22. The van der Waals surface area contributed by atoms with Gasteiger partial charge in [0.25, 0.3) is 0 Å². The largest absolute Gasteiger partial charge is 0.478 e. The van der Waals surface area contributed by atoms with Gasteiger partial charge in [0.1, 0.15) is 0 Å². The molecule has 2 aromatic carbocycles. The first-order valence-corrected chi connectivity index (χ1v) is 10.1. The van der Waals surface area contributed by atoms with E-state index in [1.54, 1.807) is 6.07 Å². The molecule has 0 aliphatic carbocycles. The van der Waals surface area contributed by atoms with E-state index in [2.05, 4.69) is 11.5 Å². The van der Waals surface area contributed by atoms with E-state index in [1.807, 2.05) is 25.1 Å². The maximum absolute atomic E-state index is 12.4. The minimum Gasteiger partial charge on any atom is -0.478 e. The van der Waals surface area contributed by atoms with Crippen LogP contribution in [0.5, 0.6) is 0 Å². The fourth-order valence-corrected chi connectivity index (χ4v) is 4.31. The summed E-state index contributed by atoms with van der Waals surface area (Å²) in [6.45, 7) is 4.79. The number of fused-ring (bicyclic) bond motifs is 3. The molecule has 1 heterocycles. The van der Waals surface area contributed by atoms with Gasteiger partial charge in [-0.25, -0.2) is 13.2 Å². The Hall–Kier alpha value is -2.34. The minimum absolute atomic E-state index is 0.00821. The first-order valence-electron chi connectivity index (χ1n) is 8.24. The summed E-state index contributed by atoms with van der Waals surface area (Å²) in [5.74, 6) is -1.13. The predicted molar refractivity (Wildman–Crippen MR) is 99.2 cm³/mol. The Balaban J connectivity index is 2.58. The van der Waals surface area contributed by atoms with Crippen molar-refractivity contribution >= 4 is 37.6 Å². The number of carboxylic acid groups (broad SMARTS) is 1. The van der Waals surface area contributed by atoms with Gasteiger partial charge in [0.05, 0.1) is 21.5 Å². The molecule has 0 fully saturated rings. The van der Waals surface area contributed by atoms with E-state index in [9.17, 15) is 18.3 Å². The molecule has 3 rings (SSSR count). The SMILES string of the molecule is CCCCn1c2cc(C(=O)O)cc(S(C)(=O)=O)c2c2cccc(C)c21. The van der Waals surface area contributed by atoms with E-state index >= 15 is 0 Å². The van der Waals surface area contributed by atoms with Gasteiger partial charge in [0.15, 0.2) is 9.84 Å². The minimum atomic E-state index is -3.57. The fraction of sp³-hybridized carbons (Fsp3) is 0.316. The molecule has 0 saturated carbocycles. The summed E-state index contributed by atoms with van der Waals surface area (Å²) in [5.41, 5.74) is 2.67. The van der Waals surface area contributed by atoms with Gasteiger partial charge in [-0.15, -0.1) is 0 Å². The molecule has 0 bridgehead atoms. The number of nitrogens with zero attached hydrogens (tertiary/aromatic N) is 1. The molecule has 0 aliphatic heterocycles. The van der Waals surface area contributed by atoms with Gasteiger partial charge in [0, 0.05) is 23.6 Å². The van der Waals surface area contributed by atoms with Gasteiger partial charge >= 0.3 is 5.97 Å². The van der Waals surface area contributed by atoms with Gasteiger partial charge in [0.2, 0.25) is 0 Å². The van der Waals surface area contributed by atoms with Gasteiger partial charge < -0.3 is 9.67 Å². The molecule has 1 aromatic heterocycles. The molecular weight excluding hydrogens is 338 g/mol. The summed E-state index contributed by atoms with van der Waals surface area (Å²) >= 11 is 0. The first-order chi connectivity index (χ1) is 11.8. The second-order valence-corrected chi connectivity index (χ2v) is 8.41. The third-order valence-corrected chi connectivity index (χ3v) is 5.65. The van der Waals surface area contributed by atoms with E-state index in [1.165, 1.54) is 6.07 Å². The van der Waals surface area contributed by atoms with E-state index in [4.69, 9.17) is 0 Å². The van der Waals surface area contributed by atoms with Crippen LogP contribution in [0.15, 0.2) is 35.2 Å². The maximum Gasteiger partial charge on any atom is 0.335 e. The summed E-state index contributed by atoms with van der Waals surface area (Å²) in [6.07, 6.45) is 3.04. The lowest BCUT2D eigenvalue weighted by molar-refractivity contribution is 0.0697. The molecule has 0 aliphatic rings. The van der Waals surface area contributed by atoms with Crippen LogP contribution >= 0.6 is 0 Å². The molecule has 1 N–H and O–H groups in total. The Morgan fingerprint density at radius 3 is 2.56 bits per heavy atom. The standard InChI is InChI=1S/C19H21NO4S/c1-4-5-9-20-15-10-13(19(21)22)11-16(25(3,23)24)17(15)14-8-6-7-12(2)18(14)20/h6-8,10-11H,4-5,9H2,1-3H3,(H,21,22). The van der Waals surface area contributed by atoms with Crippen molar-refractivity contribution in [2.24, 2.45) is 0 Å². The quantitative estimate of drug-likeness (QED) is 0.747. The predicted octanol–water partition coefficient (Wildman–Crippen LogP) is 4.00. The number of carbonyl (C=O) groups is 1. The zero-order valence-corrected chi connectivity index (χ0v) is 15.4. The summed E-state index contributed by atoms with van der Waals surface area (Å²) in [4.78, 5) is 11.6. The average molecular weight is 359 g/mol. The van der Waals surface area contributed by atoms with Crippen molar-refractivity contribution in [2.45, 2.75) is 38.1 Å². The first kappa shape index (κ1) is 17.5. The molecule has 5 nitrogen and oxygen atoms in total. The third kappa shape index (κ3) is 2.91. The van der Waals surface area contributed by atoms with Crippen LogP contribution in [0.25, 0.3) is 21.8 Å². The molecular formula is C19H21NO4S. The van der Waals surface area contributed by atoms with Crippen LogP contribution < -0.4 is 0 Å². The molecule has 25 heavy (non-hydrogen) atoms. The zero-order valence-electron chi connectivity index (χ0n) is 14.5. The number of hydrogen-bond donors (Lipinski definition) is 1. The maximum atomic E-state index is 12.4. The molecule has 3 aromatic rings. The summed E-state index contributed by atoms with van der Waals surface area (Å²) in [7, 11) is -3.57. The Morgan fingerprint density at radius 1 is 1.24 bits per heavy atom. The van der Waals surface area contributed by atoms with Crippen molar-refractivity contribution < 1.29 is 18.3 Å². The molecule has 0 amide bonds. The third-order valence-electron chi connectivity index (χ3n) is 4.53. The molecule has 0 spiro atoms. The second-order valence-electron chi connectivity index (χ2n) is 6.42. The number of aryl methyl sites for hydroxylation is 2. The van der Waals surface area contributed by atoms with Crippen LogP contribution in [0.4, 0.5) is 0 Å². The number of unbranched alkanes of at least 4 members (excludes halogenated alkanes) is 1. The van der Waals surface area contributed by atoms with Crippen molar-refractivity contribution in [3.63, 3.8) is 0 Å².